The Bertz CT molecular complexity index is 866. The van der Waals surface area contributed by atoms with E-state index in [2.05, 4.69) is 20.6 Å². The second kappa shape index (κ2) is 7.66. The Kier molecular flexibility index (Phi) is 5.69. The van der Waals surface area contributed by atoms with Crippen LogP contribution in [0.1, 0.15) is 48.4 Å². The summed E-state index contributed by atoms with van der Waals surface area (Å²) in [5.74, 6) is 0.645. The smallest absolute Gasteiger partial charge is 0.259 e. The lowest BCUT2D eigenvalue weighted by Gasteiger charge is -2.29. The molecule has 2 aromatic heterocycles. The van der Waals surface area contributed by atoms with Crippen LogP contribution in [0.25, 0.3) is 10.2 Å². The summed E-state index contributed by atoms with van der Waals surface area (Å²) in [7, 11) is 0. The van der Waals surface area contributed by atoms with Gasteiger partial charge >= 0.3 is 0 Å². The summed E-state index contributed by atoms with van der Waals surface area (Å²) in [6.45, 7) is 3.95. The van der Waals surface area contributed by atoms with Gasteiger partial charge in [0.2, 0.25) is 5.91 Å². The van der Waals surface area contributed by atoms with Crippen molar-refractivity contribution in [3.8, 4) is 0 Å². The first-order chi connectivity index (χ1) is 12.0. The van der Waals surface area contributed by atoms with E-state index in [0.717, 1.165) is 28.1 Å². The molecule has 2 aliphatic rings. The van der Waals surface area contributed by atoms with Crippen LogP contribution in [0.2, 0.25) is 0 Å². The molecule has 2 atom stereocenters. The Labute approximate surface area is 162 Å². The van der Waals surface area contributed by atoms with E-state index in [-0.39, 0.29) is 29.9 Å². The van der Waals surface area contributed by atoms with Crippen molar-refractivity contribution in [2.24, 2.45) is 0 Å². The van der Waals surface area contributed by atoms with Crippen LogP contribution in [0.15, 0.2) is 4.79 Å². The summed E-state index contributed by atoms with van der Waals surface area (Å²) >= 11 is 1.54. The van der Waals surface area contributed by atoms with Crippen molar-refractivity contribution in [1.82, 2.24) is 20.6 Å². The third-order valence-corrected chi connectivity index (χ3v) is 6.62. The number of carbonyl (C=O) groups is 1. The van der Waals surface area contributed by atoms with Crippen molar-refractivity contribution in [3.63, 3.8) is 0 Å². The van der Waals surface area contributed by atoms with E-state index in [4.69, 9.17) is 0 Å². The van der Waals surface area contributed by atoms with Crippen molar-refractivity contribution in [1.29, 1.82) is 0 Å². The van der Waals surface area contributed by atoms with Crippen molar-refractivity contribution >= 4 is 39.9 Å². The first-order valence-electron chi connectivity index (χ1n) is 9.04. The standard InChI is InChI=1S/C18H24N4O2S.ClH/c1-9-10(2)25-18-16(9)17(24)21-14(22-18)5-6-15(23)20-13-7-11-3-4-12(8-13)19-11;/h11-13,19H,3-8H2,1-2H3,(H,20,23)(H,21,22,24);1H. The molecule has 2 saturated heterocycles. The van der Waals surface area contributed by atoms with E-state index in [1.54, 1.807) is 0 Å². The van der Waals surface area contributed by atoms with Crippen molar-refractivity contribution in [3.05, 3.63) is 26.6 Å². The fraction of sp³-hybridized carbons (Fsp3) is 0.611. The highest BCUT2D eigenvalue weighted by molar-refractivity contribution is 7.18. The number of halogens is 1. The van der Waals surface area contributed by atoms with E-state index in [1.165, 1.54) is 24.2 Å². The summed E-state index contributed by atoms with van der Waals surface area (Å²) in [5.41, 5.74) is 0.899. The zero-order valence-corrected chi connectivity index (χ0v) is 16.7. The number of fused-ring (bicyclic) bond motifs is 3. The molecule has 0 saturated carbocycles. The largest absolute Gasteiger partial charge is 0.353 e. The molecule has 4 rings (SSSR count). The van der Waals surface area contributed by atoms with Crippen LogP contribution in [0, 0.1) is 13.8 Å². The number of piperidine rings is 1. The quantitative estimate of drug-likeness (QED) is 0.740. The monoisotopic (exact) mass is 396 g/mol. The van der Waals surface area contributed by atoms with Gasteiger partial charge in [-0.15, -0.1) is 23.7 Å². The lowest BCUT2D eigenvalue weighted by Crippen LogP contribution is -2.48. The number of nitrogens with zero attached hydrogens (tertiary/aromatic N) is 1. The van der Waals surface area contributed by atoms with Crippen molar-refractivity contribution < 1.29 is 4.79 Å². The van der Waals surface area contributed by atoms with E-state index in [9.17, 15) is 9.59 Å². The summed E-state index contributed by atoms with van der Waals surface area (Å²) in [5, 5.41) is 7.42. The zero-order valence-electron chi connectivity index (χ0n) is 15.1. The Morgan fingerprint density at radius 1 is 1.27 bits per heavy atom. The predicted molar refractivity (Wildman–Crippen MR) is 106 cm³/mol. The molecule has 2 bridgehead atoms. The van der Waals surface area contributed by atoms with Gasteiger partial charge in [0.25, 0.3) is 5.56 Å². The van der Waals surface area contributed by atoms with Gasteiger partial charge < -0.3 is 15.6 Å². The number of carbonyl (C=O) groups excluding carboxylic acids is 1. The number of aromatic amines is 1. The van der Waals surface area contributed by atoms with Crippen molar-refractivity contribution in [2.75, 3.05) is 0 Å². The second-order valence-corrected chi connectivity index (χ2v) is 8.55. The molecule has 142 valence electrons. The molecule has 0 radical (unpaired) electrons. The Morgan fingerprint density at radius 3 is 2.65 bits per heavy atom. The van der Waals surface area contributed by atoms with Crippen LogP contribution in [0.4, 0.5) is 0 Å². The minimum atomic E-state index is -0.0998. The molecular formula is C18H25ClN4O2S. The molecule has 2 aliphatic heterocycles. The fourth-order valence-electron chi connectivity index (χ4n) is 4.12. The summed E-state index contributed by atoms with van der Waals surface area (Å²) in [6, 6.07) is 1.41. The minimum Gasteiger partial charge on any atom is -0.353 e. The molecule has 0 spiro atoms. The van der Waals surface area contributed by atoms with Crippen LogP contribution in [0.3, 0.4) is 0 Å². The van der Waals surface area contributed by atoms with Gasteiger partial charge in [0.15, 0.2) is 0 Å². The number of hydrogen-bond donors (Lipinski definition) is 3. The van der Waals surface area contributed by atoms with Gasteiger partial charge in [-0.3, -0.25) is 9.59 Å². The Hall–Kier alpha value is -1.44. The molecule has 4 heterocycles. The van der Waals surface area contributed by atoms with Crippen LogP contribution in [0.5, 0.6) is 0 Å². The van der Waals surface area contributed by atoms with Crippen LogP contribution in [-0.2, 0) is 11.2 Å². The lowest BCUT2D eigenvalue weighted by atomic mass is 9.99. The van der Waals surface area contributed by atoms with E-state index >= 15 is 0 Å². The summed E-state index contributed by atoms with van der Waals surface area (Å²) < 4.78 is 0. The number of aryl methyl sites for hydroxylation is 3. The van der Waals surface area contributed by atoms with Crippen LogP contribution in [-0.4, -0.2) is 34.0 Å². The van der Waals surface area contributed by atoms with Gasteiger partial charge in [0.05, 0.1) is 5.39 Å². The van der Waals surface area contributed by atoms with E-state index < -0.39 is 0 Å². The van der Waals surface area contributed by atoms with Gasteiger partial charge in [-0.05, 0) is 45.1 Å². The number of rotatable bonds is 4. The number of aromatic nitrogens is 2. The normalized spacial score (nSPS) is 24.5. The van der Waals surface area contributed by atoms with E-state index in [0.29, 0.717) is 36.1 Å². The summed E-state index contributed by atoms with van der Waals surface area (Å²) in [6.07, 6.45) is 5.32. The number of thiophene rings is 1. The molecule has 2 fully saturated rings. The Balaban J connectivity index is 0.00000196. The second-order valence-electron chi connectivity index (χ2n) is 7.35. The van der Waals surface area contributed by atoms with Gasteiger partial charge in [0, 0.05) is 35.8 Å². The average molecular weight is 397 g/mol. The molecular weight excluding hydrogens is 372 g/mol. The maximum Gasteiger partial charge on any atom is 0.259 e. The molecule has 0 aromatic carbocycles. The maximum atomic E-state index is 12.3. The predicted octanol–water partition coefficient (Wildman–Crippen LogP) is 2.36. The SMILES string of the molecule is Cc1sc2nc(CCC(=O)NC3CC4CCC(C3)N4)[nH]c(=O)c2c1C.Cl. The fourth-order valence-corrected chi connectivity index (χ4v) is 5.17. The third kappa shape index (κ3) is 3.80. The number of hydrogen-bond acceptors (Lipinski definition) is 5. The highest BCUT2D eigenvalue weighted by Crippen LogP contribution is 2.27. The molecule has 26 heavy (non-hydrogen) atoms. The lowest BCUT2D eigenvalue weighted by molar-refractivity contribution is -0.122. The molecule has 2 aromatic rings. The number of nitrogens with one attached hydrogen (secondary N) is 3. The van der Waals surface area contributed by atoms with Gasteiger partial charge in [-0.1, -0.05) is 0 Å². The highest BCUT2D eigenvalue weighted by atomic mass is 35.5. The highest BCUT2D eigenvalue weighted by Gasteiger charge is 2.33. The molecule has 8 heteroatoms. The number of amides is 1. The summed E-state index contributed by atoms with van der Waals surface area (Å²) in [4.78, 5) is 33.8. The topological polar surface area (TPSA) is 86.9 Å². The third-order valence-electron chi connectivity index (χ3n) is 5.52. The van der Waals surface area contributed by atoms with Gasteiger partial charge in [0.1, 0.15) is 10.7 Å². The molecule has 2 unspecified atom stereocenters. The van der Waals surface area contributed by atoms with E-state index in [1.807, 2.05) is 13.8 Å². The molecule has 3 N–H and O–H groups in total. The zero-order chi connectivity index (χ0) is 17.6. The Morgan fingerprint density at radius 2 is 1.96 bits per heavy atom. The minimum absolute atomic E-state index is 0. The average Bonchev–Trinajstić information content (AvgIpc) is 3.05. The molecule has 6 nitrogen and oxygen atoms in total. The van der Waals surface area contributed by atoms with Crippen LogP contribution < -0.4 is 16.2 Å². The van der Waals surface area contributed by atoms with Crippen LogP contribution >= 0.6 is 23.7 Å². The van der Waals surface area contributed by atoms with Gasteiger partial charge in [-0.25, -0.2) is 4.98 Å². The number of H-pyrrole nitrogens is 1. The van der Waals surface area contributed by atoms with Gasteiger partial charge in [-0.2, -0.15) is 0 Å². The first kappa shape index (κ1) is 19.3. The molecule has 1 amide bonds. The maximum absolute atomic E-state index is 12.3. The molecule has 0 aliphatic carbocycles. The van der Waals surface area contributed by atoms with Crippen molar-refractivity contribution in [2.45, 2.75) is 70.5 Å². The first-order valence-corrected chi connectivity index (χ1v) is 9.85.